The Bertz CT molecular complexity index is 388. The van der Waals surface area contributed by atoms with Crippen LogP contribution in [0.2, 0.25) is 0 Å². The van der Waals surface area contributed by atoms with Crippen LogP contribution in [0, 0.1) is 6.92 Å². The average Bonchev–Trinajstić information content (AvgIpc) is 2.31. The molecular formula is C12H16N2O2. The average molecular weight is 220 g/mol. The number of aliphatic hydroxyl groups excluding tert-OH is 1. The van der Waals surface area contributed by atoms with Crippen LogP contribution >= 0.6 is 0 Å². The first kappa shape index (κ1) is 12.4. The summed E-state index contributed by atoms with van der Waals surface area (Å²) in [5, 5.41) is 11.5. The van der Waals surface area contributed by atoms with Crippen LogP contribution in [-0.2, 0) is 4.79 Å². The zero-order chi connectivity index (χ0) is 12.0. The van der Waals surface area contributed by atoms with Gasteiger partial charge < -0.3 is 10.4 Å². The van der Waals surface area contributed by atoms with E-state index in [1.54, 1.807) is 6.21 Å². The zero-order valence-corrected chi connectivity index (χ0v) is 9.47. The van der Waals surface area contributed by atoms with Gasteiger partial charge in [0.25, 0.3) is 0 Å². The molecule has 4 nitrogen and oxygen atoms in total. The Balaban J connectivity index is 2.79. The molecule has 0 aliphatic carbocycles. The molecule has 86 valence electrons. The highest BCUT2D eigenvalue weighted by atomic mass is 16.3. The van der Waals surface area contributed by atoms with E-state index in [1.807, 2.05) is 31.2 Å². The number of rotatable bonds is 4. The van der Waals surface area contributed by atoms with E-state index in [9.17, 15) is 4.79 Å². The van der Waals surface area contributed by atoms with Gasteiger partial charge in [-0.3, -0.25) is 9.79 Å². The molecule has 4 heteroatoms. The summed E-state index contributed by atoms with van der Waals surface area (Å²) in [5.74, 6) is -0.285. The third-order valence-electron chi connectivity index (χ3n) is 2.30. The van der Waals surface area contributed by atoms with Crippen LogP contribution in [0.5, 0.6) is 0 Å². The second-order valence-electron chi connectivity index (χ2n) is 3.45. The van der Waals surface area contributed by atoms with Crippen molar-refractivity contribution in [2.75, 3.05) is 13.7 Å². The van der Waals surface area contributed by atoms with E-state index >= 15 is 0 Å². The lowest BCUT2D eigenvalue weighted by Gasteiger charge is -2.07. The van der Waals surface area contributed by atoms with E-state index in [4.69, 9.17) is 5.11 Å². The summed E-state index contributed by atoms with van der Waals surface area (Å²) in [5.41, 5.74) is 2.03. The molecule has 1 atom stereocenters. The Labute approximate surface area is 95.0 Å². The van der Waals surface area contributed by atoms with Gasteiger partial charge in [0.15, 0.2) is 6.04 Å². The van der Waals surface area contributed by atoms with Crippen LogP contribution in [0.25, 0.3) is 0 Å². The first-order chi connectivity index (χ1) is 7.69. The number of hydrogen-bond donors (Lipinski definition) is 2. The SMILES string of the molecule is CNC(=O)[C@H](CO)/N=C/c1ccccc1C. The van der Waals surface area contributed by atoms with Gasteiger partial charge in [-0.2, -0.15) is 0 Å². The van der Waals surface area contributed by atoms with E-state index < -0.39 is 6.04 Å². The third kappa shape index (κ3) is 3.17. The number of aliphatic hydroxyl groups is 1. The fraction of sp³-hybridized carbons (Fsp3) is 0.333. The number of carbonyl (C=O) groups excluding carboxylic acids is 1. The van der Waals surface area contributed by atoms with Crippen LogP contribution in [0.1, 0.15) is 11.1 Å². The summed E-state index contributed by atoms with van der Waals surface area (Å²) in [4.78, 5) is 15.3. The quantitative estimate of drug-likeness (QED) is 0.727. The first-order valence-electron chi connectivity index (χ1n) is 5.10. The van der Waals surface area contributed by atoms with E-state index in [0.717, 1.165) is 11.1 Å². The summed E-state index contributed by atoms with van der Waals surface area (Å²) >= 11 is 0. The van der Waals surface area contributed by atoms with Gasteiger partial charge in [-0.15, -0.1) is 0 Å². The molecule has 2 N–H and O–H groups in total. The van der Waals surface area contributed by atoms with Crippen molar-refractivity contribution in [1.82, 2.24) is 5.32 Å². The number of likely N-dealkylation sites (N-methyl/N-ethyl adjacent to an activating group) is 1. The topological polar surface area (TPSA) is 61.7 Å². The number of carbonyl (C=O) groups is 1. The minimum Gasteiger partial charge on any atom is -0.394 e. The van der Waals surface area contributed by atoms with E-state index in [2.05, 4.69) is 10.3 Å². The predicted octanol–water partition coefficient (Wildman–Crippen LogP) is 0.521. The summed E-state index contributed by atoms with van der Waals surface area (Å²) in [6.45, 7) is 1.68. The minimum absolute atomic E-state index is 0.285. The fourth-order valence-corrected chi connectivity index (χ4v) is 1.27. The lowest BCUT2D eigenvalue weighted by Crippen LogP contribution is -2.33. The molecular weight excluding hydrogens is 204 g/mol. The molecule has 0 bridgehead atoms. The van der Waals surface area contributed by atoms with Crippen molar-refractivity contribution in [3.05, 3.63) is 35.4 Å². The van der Waals surface area contributed by atoms with Crippen molar-refractivity contribution < 1.29 is 9.90 Å². The van der Waals surface area contributed by atoms with Gasteiger partial charge in [0.2, 0.25) is 5.91 Å². The highest BCUT2D eigenvalue weighted by molar-refractivity contribution is 5.87. The lowest BCUT2D eigenvalue weighted by atomic mass is 10.1. The largest absolute Gasteiger partial charge is 0.394 e. The Morgan fingerprint density at radius 3 is 2.81 bits per heavy atom. The first-order valence-corrected chi connectivity index (χ1v) is 5.10. The number of aliphatic imine (C=N–C) groups is 1. The van der Waals surface area contributed by atoms with Crippen LogP contribution in [0.15, 0.2) is 29.3 Å². The standard InChI is InChI=1S/C12H16N2O2/c1-9-5-3-4-6-10(9)7-14-11(8-15)12(16)13-2/h3-7,11,15H,8H2,1-2H3,(H,13,16)/b14-7+/t11-/m0/s1. The predicted molar refractivity (Wildman–Crippen MR) is 63.7 cm³/mol. The van der Waals surface area contributed by atoms with Crippen LogP contribution in [0.4, 0.5) is 0 Å². The molecule has 0 saturated carbocycles. The van der Waals surface area contributed by atoms with Gasteiger partial charge in [-0.05, 0) is 18.1 Å². The van der Waals surface area contributed by atoms with Crippen molar-refractivity contribution in [3.63, 3.8) is 0 Å². The van der Waals surface area contributed by atoms with Crippen molar-refractivity contribution in [3.8, 4) is 0 Å². The van der Waals surface area contributed by atoms with Crippen LogP contribution < -0.4 is 5.32 Å². The molecule has 0 heterocycles. The van der Waals surface area contributed by atoms with Gasteiger partial charge in [-0.1, -0.05) is 24.3 Å². The van der Waals surface area contributed by atoms with Gasteiger partial charge in [0.1, 0.15) is 0 Å². The van der Waals surface area contributed by atoms with Crippen LogP contribution in [0.3, 0.4) is 0 Å². The molecule has 1 amide bonds. The third-order valence-corrected chi connectivity index (χ3v) is 2.30. The number of aryl methyl sites for hydroxylation is 1. The lowest BCUT2D eigenvalue weighted by molar-refractivity contribution is -0.122. The Morgan fingerprint density at radius 2 is 2.25 bits per heavy atom. The number of nitrogens with one attached hydrogen (secondary N) is 1. The molecule has 0 aromatic heterocycles. The molecule has 0 fully saturated rings. The molecule has 0 radical (unpaired) electrons. The number of amides is 1. The normalized spacial score (nSPS) is 12.7. The molecule has 0 aliphatic rings. The Morgan fingerprint density at radius 1 is 1.56 bits per heavy atom. The summed E-state index contributed by atoms with van der Waals surface area (Å²) < 4.78 is 0. The highest BCUT2D eigenvalue weighted by Gasteiger charge is 2.12. The van der Waals surface area contributed by atoms with Crippen molar-refractivity contribution >= 4 is 12.1 Å². The molecule has 1 aromatic carbocycles. The fourth-order valence-electron chi connectivity index (χ4n) is 1.27. The molecule has 0 unspecified atom stereocenters. The smallest absolute Gasteiger partial charge is 0.246 e. The molecule has 16 heavy (non-hydrogen) atoms. The second kappa shape index (κ2) is 6.02. The van der Waals surface area contributed by atoms with E-state index in [-0.39, 0.29) is 12.5 Å². The van der Waals surface area contributed by atoms with E-state index in [0.29, 0.717) is 0 Å². The number of nitrogens with zero attached hydrogens (tertiary/aromatic N) is 1. The maximum absolute atomic E-state index is 11.3. The maximum Gasteiger partial charge on any atom is 0.246 e. The van der Waals surface area contributed by atoms with Crippen molar-refractivity contribution in [2.24, 2.45) is 4.99 Å². The highest BCUT2D eigenvalue weighted by Crippen LogP contribution is 2.04. The molecule has 0 spiro atoms. The van der Waals surface area contributed by atoms with Crippen molar-refractivity contribution in [1.29, 1.82) is 0 Å². The number of benzene rings is 1. The maximum atomic E-state index is 11.3. The minimum atomic E-state index is -0.732. The Kier molecular flexibility index (Phi) is 4.66. The van der Waals surface area contributed by atoms with Crippen LogP contribution in [-0.4, -0.2) is 36.9 Å². The van der Waals surface area contributed by atoms with Gasteiger partial charge in [0, 0.05) is 13.3 Å². The van der Waals surface area contributed by atoms with Gasteiger partial charge >= 0.3 is 0 Å². The Hall–Kier alpha value is -1.68. The van der Waals surface area contributed by atoms with Gasteiger partial charge in [0.05, 0.1) is 6.61 Å². The molecule has 1 aromatic rings. The molecule has 0 aliphatic heterocycles. The van der Waals surface area contributed by atoms with Crippen molar-refractivity contribution in [2.45, 2.75) is 13.0 Å². The van der Waals surface area contributed by atoms with Gasteiger partial charge in [-0.25, -0.2) is 0 Å². The summed E-state index contributed by atoms with van der Waals surface area (Å²) in [6, 6.07) is 6.99. The van der Waals surface area contributed by atoms with E-state index in [1.165, 1.54) is 7.05 Å². The monoisotopic (exact) mass is 220 g/mol. The number of hydrogen-bond acceptors (Lipinski definition) is 3. The summed E-state index contributed by atoms with van der Waals surface area (Å²) in [6.07, 6.45) is 1.62. The molecule has 0 saturated heterocycles. The molecule has 1 rings (SSSR count). The second-order valence-corrected chi connectivity index (χ2v) is 3.45. The summed E-state index contributed by atoms with van der Waals surface area (Å²) in [7, 11) is 1.52. The zero-order valence-electron chi connectivity index (χ0n) is 9.47.